The van der Waals surface area contributed by atoms with E-state index in [1.807, 2.05) is 0 Å². The third-order valence-electron chi connectivity index (χ3n) is 4.66. The van der Waals surface area contributed by atoms with Crippen LogP contribution in [-0.4, -0.2) is 55.7 Å². The molecule has 162 valence electrons. The Morgan fingerprint density at radius 2 is 2.10 bits per heavy atom. The number of aromatic nitrogens is 1. The van der Waals surface area contributed by atoms with E-state index in [4.69, 9.17) is 9.15 Å². The number of amides is 3. The summed E-state index contributed by atoms with van der Waals surface area (Å²) in [5.74, 6) is -1.35. The van der Waals surface area contributed by atoms with Crippen LogP contribution in [0.3, 0.4) is 0 Å². The molecule has 0 spiro atoms. The van der Waals surface area contributed by atoms with Gasteiger partial charge in [-0.05, 0) is 38.5 Å². The monoisotopic (exact) mass is 432 g/mol. The molecule has 10 nitrogen and oxygen atoms in total. The fourth-order valence-corrected chi connectivity index (χ4v) is 4.21. The number of carbonyl (C=O) groups excluding carboxylic acids is 2. The number of oxazole rings is 1. The van der Waals surface area contributed by atoms with Crippen LogP contribution in [0, 0.1) is 11.9 Å². The Kier molecular flexibility index (Phi) is 6.73. The van der Waals surface area contributed by atoms with Gasteiger partial charge >= 0.3 is 12.0 Å². The molecular weight excluding hydrogens is 407 g/mol. The van der Waals surface area contributed by atoms with E-state index in [9.17, 15) is 22.4 Å². The Bertz CT molecular complexity index is 854. The third-order valence-corrected chi connectivity index (χ3v) is 6.20. The van der Waals surface area contributed by atoms with Crippen LogP contribution in [0.2, 0.25) is 0 Å². The van der Waals surface area contributed by atoms with Gasteiger partial charge < -0.3 is 14.1 Å². The van der Waals surface area contributed by atoms with Crippen LogP contribution in [0.15, 0.2) is 4.42 Å². The summed E-state index contributed by atoms with van der Waals surface area (Å²) in [4.78, 5) is 27.5. The molecule has 0 aromatic carbocycles. The maximum absolute atomic E-state index is 13.8. The average Bonchev–Trinajstić information content (AvgIpc) is 3.31. The molecule has 1 aliphatic carbocycles. The molecule has 0 radical (unpaired) electrons. The van der Waals surface area contributed by atoms with Crippen LogP contribution in [0.25, 0.3) is 0 Å². The Labute approximate surface area is 168 Å². The Morgan fingerprint density at radius 1 is 1.34 bits per heavy atom. The molecule has 0 unspecified atom stereocenters. The van der Waals surface area contributed by atoms with Crippen molar-refractivity contribution in [2.24, 2.45) is 5.92 Å². The van der Waals surface area contributed by atoms with E-state index in [-0.39, 0.29) is 30.0 Å². The van der Waals surface area contributed by atoms with Gasteiger partial charge in [-0.25, -0.2) is 17.9 Å². The zero-order chi connectivity index (χ0) is 21.0. The summed E-state index contributed by atoms with van der Waals surface area (Å²) >= 11 is 0. The standard InChI is InChI=1S/C17H25FN4O6S/c1-11(15-20-14(18)16(28-15)27-10-12-5-6-12)21-29(25,26)8-4-2-3-7-22-9-13(23)19-17(22)24/h11-12,21H,2-10H2,1H3,(H,19,23,24)/t11-/m1/s1. The van der Waals surface area contributed by atoms with Gasteiger partial charge in [0.2, 0.25) is 21.8 Å². The van der Waals surface area contributed by atoms with Crippen molar-refractivity contribution in [2.45, 2.75) is 45.1 Å². The van der Waals surface area contributed by atoms with E-state index in [0.717, 1.165) is 12.8 Å². The van der Waals surface area contributed by atoms with Gasteiger partial charge in [0.1, 0.15) is 6.54 Å². The SMILES string of the molecule is C[C@@H](NS(=O)(=O)CCCCCN1CC(=O)NC1=O)c1nc(F)c(OCC2CC2)o1. The molecule has 12 heteroatoms. The van der Waals surface area contributed by atoms with E-state index >= 15 is 0 Å². The summed E-state index contributed by atoms with van der Waals surface area (Å²) in [7, 11) is -3.63. The molecule has 3 rings (SSSR count). The van der Waals surface area contributed by atoms with Gasteiger partial charge in [0.05, 0.1) is 18.4 Å². The maximum Gasteiger partial charge on any atom is 0.344 e. The van der Waals surface area contributed by atoms with Gasteiger partial charge in [0.25, 0.3) is 5.95 Å². The first-order valence-corrected chi connectivity index (χ1v) is 11.3. The number of hydrogen-bond acceptors (Lipinski definition) is 7. The number of urea groups is 1. The number of nitrogens with one attached hydrogen (secondary N) is 2. The van der Waals surface area contributed by atoms with Crippen LogP contribution < -0.4 is 14.8 Å². The van der Waals surface area contributed by atoms with E-state index in [2.05, 4.69) is 15.0 Å². The number of rotatable bonds is 12. The highest BCUT2D eigenvalue weighted by Crippen LogP contribution is 2.31. The second kappa shape index (κ2) is 9.08. The smallest absolute Gasteiger partial charge is 0.344 e. The molecule has 2 N–H and O–H groups in total. The average molecular weight is 432 g/mol. The van der Waals surface area contributed by atoms with Crippen molar-refractivity contribution in [1.82, 2.24) is 19.9 Å². The van der Waals surface area contributed by atoms with Gasteiger partial charge in [-0.1, -0.05) is 6.42 Å². The van der Waals surface area contributed by atoms with Crippen molar-refractivity contribution in [2.75, 3.05) is 25.4 Å². The van der Waals surface area contributed by atoms with Crippen molar-refractivity contribution in [3.8, 4) is 5.95 Å². The molecule has 2 heterocycles. The van der Waals surface area contributed by atoms with Gasteiger partial charge in [0, 0.05) is 6.54 Å². The zero-order valence-electron chi connectivity index (χ0n) is 16.1. The maximum atomic E-state index is 13.8. The minimum atomic E-state index is -3.63. The Balaban J connectivity index is 1.38. The Hall–Kier alpha value is -2.21. The molecular formula is C17H25FN4O6S. The number of hydrogen-bond donors (Lipinski definition) is 2. The summed E-state index contributed by atoms with van der Waals surface area (Å²) in [5, 5.41) is 2.18. The molecule has 1 saturated carbocycles. The fourth-order valence-electron chi connectivity index (χ4n) is 2.87. The number of imide groups is 1. The van der Waals surface area contributed by atoms with Crippen molar-refractivity contribution in [1.29, 1.82) is 0 Å². The van der Waals surface area contributed by atoms with Crippen LogP contribution in [0.4, 0.5) is 9.18 Å². The van der Waals surface area contributed by atoms with Crippen molar-refractivity contribution in [3.05, 3.63) is 11.8 Å². The summed E-state index contributed by atoms with van der Waals surface area (Å²) in [6.07, 6.45) is 3.62. The Morgan fingerprint density at radius 3 is 2.76 bits per heavy atom. The molecule has 1 atom stereocenters. The second-order valence-corrected chi connectivity index (χ2v) is 9.25. The topological polar surface area (TPSA) is 131 Å². The van der Waals surface area contributed by atoms with E-state index in [0.29, 0.717) is 38.3 Å². The zero-order valence-corrected chi connectivity index (χ0v) is 17.0. The summed E-state index contributed by atoms with van der Waals surface area (Å²) < 4.78 is 51.1. The van der Waals surface area contributed by atoms with E-state index in [1.54, 1.807) is 0 Å². The van der Waals surface area contributed by atoms with Crippen molar-refractivity contribution in [3.63, 3.8) is 0 Å². The summed E-state index contributed by atoms with van der Waals surface area (Å²) in [6, 6.07) is -1.26. The van der Waals surface area contributed by atoms with E-state index in [1.165, 1.54) is 11.8 Å². The highest BCUT2D eigenvalue weighted by molar-refractivity contribution is 7.89. The lowest BCUT2D eigenvalue weighted by molar-refractivity contribution is -0.118. The lowest BCUT2D eigenvalue weighted by Gasteiger charge is -2.13. The third kappa shape index (κ3) is 6.39. The second-order valence-electron chi connectivity index (χ2n) is 7.38. The number of halogens is 1. The highest BCUT2D eigenvalue weighted by Gasteiger charge is 2.27. The molecule has 29 heavy (non-hydrogen) atoms. The van der Waals surface area contributed by atoms with Crippen LogP contribution in [-0.2, 0) is 14.8 Å². The number of nitrogens with zero attached hydrogens (tertiary/aromatic N) is 2. The van der Waals surface area contributed by atoms with Gasteiger partial charge in [-0.15, -0.1) is 0 Å². The minimum absolute atomic E-state index is 0.0370. The molecule has 2 aliphatic rings. The van der Waals surface area contributed by atoms with Crippen LogP contribution in [0.1, 0.15) is 51.0 Å². The number of sulfonamides is 1. The molecule has 1 saturated heterocycles. The number of carbonyl (C=O) groups is 2. The van der Waals surface area contributed by atoms with Crippen LogP contribution >= 0.6 is 0 Å². The first kappa shape index (κ1) is 21.5. The first-order chi connectivity index (χ1) is 13.7. The van der Waals surface area contributed by atoms with Crippen molar-refractivity contribution >= 4 is 22.0 Å². The highest BCUT2D eigenvalue weighted by atomic mass is 32.2. The minimum Gasteiger partial charge on any atom is -0.462 e. The molecule has 3 amide bonds. The van der Waals surface area contributed by atoms with Crippen molar-refractivity contribution < 1.29 is 31.6 Å². The predicted octanol–water partition coefficient (Wildman–Crippen LogP) is 1.30. The fraction of sp³-hybridized carbons (Fsp3) is 0.706. The van der Waals surface area contributed by atoms with Gasteiger partial charge in [-0.3, -0.25) is 10.1 Å². The molecule has 1 aliphatic heterocycles. The molecule has 1 aromatic rings. The lowest BCUT2D eigenvalue weighted by atomic mass is 10.2. The normalized spacial score (nSPS) is 18.2. The van der Waals surface area contributed by atoms with Gasteiger partial charge in [0.15, 0.2) is 0 Å². The molecule has 0 bridgehead atoms. The number of ether oxygens (including phenoxy) is 1. The molecule has 1 aromatic heterocycles. The van der Waals surface area contributed by atoms with Crippen LogP contribution in [0.5, 0.6) is 5.95 Å². The first-order valence-electron chi connectivity index (χ1n) is 9.61. The summed E-state index contributed by atoms with van der Waals surface area (Å²) in [6.45, 7) is 2.30. The predicted molar refractivity (Wildman–Crippen MR) is 99.0 cm³/mol. The molecule has 2 fully saturated rings. The van der Waals surface area contributed by atoms with E-state index < -0.39 is 28.0 Å². The summed E-state index contributed by atoms with van der Waals surface area (Å²) in [5.41, 5.74) is 0. The largest absolute Gasteiger partial charge is 0.462 e. The quantitative estimate of drug-likeness (QED) is 0.376. The lowest BCUT2D eigenvalue weighted by Crippen LogP contribution is -2.30. The number of unbranched alkanes of at least 4 members (excludes halogenated alkanes) is 2. The van der Waals surface area contributed by atoms with Gasteiger partial charge in [-0.2, -0.15) is 9.37 Å².